The van der Waals surface area contributed by atoms with E-state index in [2.05, 4.69) is 13.8 Å². The van der Waals surface area contributed by atoms with E-state index < -0.39 is 0 Å². The Morgan fingerprint density at radius 1 is 0.818 bits per heavy atom. The van der Waals surface area contributed by atoms with Crippen LogP contribution in [-0.2, 0) is 14.2 Å². The highest BCUT2D eigenvalue weighted by molar-refractivity contribution is 5.89. The molecule has 1 saturated carbocycles. The first-order valence-corrected chi connectivity index (χ1v) is 13.7. The Hall–Kier alpha value is -1.39. The zero-order valence-corrected chi connectivity index (χ0v) is 21.1. The van der Waals surface area contributed by atoms with E-state index in [1.54, 1.807) is 0 Å². The van der Waals surface area contributed by atoms with Gasteiger partial charge in [0, 0.05) is 11.5 Å². The van der Waals surface area contributed by atoms with Gasteiger partial charge in [-0.15, -0.1) is 0 Å². The Bertz CT molecular complexity index is 655. The van der Waals surface area contributed by atoms with Gasteiger partial charge in [0.2, 0.25) is 0 Å². The largest absolute Gasteiger partial charge is 0.462 e. The van der Waals surface area contributed by atoms with Crippen LogP contribution in [0.1, 0.15) is 120 Å². The Balaban J connectivity index is 1.33. The van der Waals surface area contributed by atoms with E-state index in [-0.39, 0.29) is 12.3 Å². The van der Waals surface area contributed by atoms with Crippen molar-refractivity contribution >= 4 is 5.97 Å². The summed E-state index contributed by atoms with van der Waals surface area (Å²) in [7, 11) is 0. The molecule has 0 radical (unpaired) electrons. The molecule has 0 amide bonds. The summed E-state index contributed by atoms with van der Waals surface area (Å²) in [6, 6.07) is 7.53. The highest BCUT2D eigenvalue weighted by Gasteiger charge is 2.32. The molecule has 1 aliphatic heterocycles. The maximum Gasteiger partial charge on any atom is 0.338 e. The van der Waals surface area contributed by atoms with Gasteiger partial charge in [-0.2, -0.15) is 0 Å². The second kappa shape index (κ2) is 14.8. The van der Waals surface area contributed by atoms with Gasteiger partial charge in [0.15, 0.2) is 6.29 Å². The van der Waals surface area contributed by atoms with Crippen molar-refractivity contribution in [3.05, 3.63) is 35.4 Å². The van der Waals surface area contributed by atoms with E-state index in [0.717, 1.165) is 43.5 Å². The molecule has 33 heavy (non-hydrogen) atoms. The van der Waals surface area contributed by atoms with Crippen LogP contribution in [0.15, 0.2) is 24.3 Å². The van der Waals surface area contributed by atoms with Gasteiger partial charge in [-0.3, -0.25) is 0 Å². The zero-order chi connectivity index (χ0) is 23.3. The first-order chi connectivity index (χ1) is 16.2. The summed E-state index contributed by atoms with van der Waals surface area (Å²) in [5, 5.41) is 0. The fraction of sp³-hybridized carbons (Fsp3) is 0.759. The molecule has 2 fully saturated rings. The van der Waals surface area contributed by atoms with Crippen LogP contribution in [0.3, 0.4) is 0 Å². The monoisotopic (exact) mass is 458 g/mol. The standard InChI is InChI=1S/C29H46O4/c1-3-5-6-7-8-9-10-20-31-28(30)25-16-18-26(19-17-25)29-32-21-27(22-33-29)24-14-12-23(11-4-2)13-15-24/h16-19,23-24,27,29H,3-15,20-22H2,1-2H3/t23?,24?,27-,29-. The van der Waals surface area contributed by atoms with Crippen molar-refractivity contribution in [3.8, 4) is 0 Å². The summed E-state index contributed by atoms with van der Waals surface area (Å²) in [6.07, 6.45) is 16.3. The van der Waals surface area contributed by atoms with Gasteiger partial charge in [-0.1, -0.05) is 90.2 Å². The number of benzene rings is 1. The van der Waals surface area contributed by atoms with Gasteiger partial charge in [0.25, 0.3) is 0 Å². The maximum absolute atomic E-state index is 12.3. The number of esters is 1. The quantitative estimate of drug-likeness (QED) is 0.223. The van der Waals surface area contributed by atoms with Gasteiger partial charge >= 0.3 is 5.97 Å². The van der Waals surface area contributed by atoms with Gasteiger partial charge in [0.05, 0.1) is 25.4 Å². The van der Waals surface area contributed by atoms with Crippen molar-refractivity contribution in [2.24, 2.45) is 17.8 Å². The fourth-order valence-corrected chi connectivity index (χ4v) is 5.42. The number of ether oxygens (including phenoxy) is 3. The summed E-state index contributed by atoms with van der Waals surface area (Å²) in [5.74, 6) is 1.96. The third kappa shape index (κ3) is 8.72. The van der Waals surface area contributed by atoms with Crippen LogP contribution in [0, 0.1) is 17.8 Å². The average molecular weight is 459 g/mol. The Morgan fingerprint density at radius 3 is 2.09 bits per heavy atom. The molecule has 0 bridgehead atoms. The molecule has 2 aliphatic rings. The molecule has 3 rings (SSSR count). The molecular formula is C29H46O4. The molecule has 1 heterocycles. The van der Waals surface area contributed by atoms with E-state index in [1.165, 1.54) is 70.6 Å². The van der Waals surface area contributed by atoms with Gasteiger partial charge in [0.1, 0.15) is 0 Å². The summed E-state index contributed by atoms with van der Waals surface area (Å²) in [4.78, 5) is 12.3. The predicted molar refractivity (Wildman–Crippen MR) is 133 cm³/mol. The van der Waals surface area contributed by atoms with Crippen molar-refractivity contribution in [2.45, 2.75) is 104 Å². The van der Waals surface area contributed by atoms with E-state index in [9.17, 15) is 4.79 Å². The molecule has 186 valence electrons. The van der Waals surface area contributed by atoms with Crippen LogP contribution in [0.4, 0.5) is 0 Å². The minimum atomic E-state index is -0.324. The van der Waals surface area contributed by atoms with Crippen molar-refractivity contribution in [1.29, 1.82) is 0 Å². The molecule has 1 aliphatic carbocycles. The first kappa shape index (κ1) is 26.2. The van der Waals surface area contributed by atoms with Crippen molar-refractivity contribution in [1.82, 2.24) is 0 Å². The van der Waals surface area contributed by atoms with Crippen LogP contribution < -0.4 is 0 Å². The van der Waals surface area contributed by atoms with Gasteiger partial charge in [-0.05, 0) is 43.2 Å². The molecular weight excluding hydrogens is 412 g/mol. The van der Waals surface area contributed by atoms with Crippen molar-refractivity contribution in [3.63, 3.8) is 0 Å². The van der Waals surface area contributed by atoms with Crippen LogP contribution in [0.25, 0.3) is 0 Å². The summed E-state index contributed by atoms with van der Waals surface area (Å²) < 4.78 is 17.6. The number of hydrogen-bond acceptors (Lipinski definition) is 4. The molecule has 4 heteroatoms. The molecule has 1 saturated heterocycles. The lowest BCUT2D eigenvalue weighted by atomic mass is 9.75. The fourth-order valence-electron chi connectivity index (χ4n) is 5.42. The second-order valence-electron chi connectivity index (χ2n) is 10.2. The summed E-state index contributed by atoms with van der Waals surface area (Å²) in [6.45, 7) is 6.58. The summed E-state index contributed by atoms with van der Waals surface area (Å²) >= 11 is 0. The number of carbonyl (C=O) groups excluding carboxylic acids is 1. The molecule has 0 aromatic heterocycles. The van der Waals surface area contributed by atoms with Crippen molar-refractivity contribution in [2.75, 3.05) is 19.8 Å². The molecule has 0 N–H and O–H groups in total. The molecule has 0 unspecified atom stereocenters. The average Bonchev–Trinajstić information content (AvgIpc) is 2.86. The number of hydrogen-bond donors (Lipinski definition) is 0. The SMILES string of the molecule is CCCCCCCCCOC(=O)c1ccc([C@H]2OC[C@H](C3CCC(CCC)CC3)CO2)cc1. The minimum Gasteiger partial charge on any atom is -0.462 e. The highest BCUT2D eigenvalue weighted by Crippen LogP contribution is 2.38. The van der Waals surface area contributed by atoms with E-state index in [4.69, 9.17) is 14.2 Å². The van der Waals surface area contributed by atoms with E-state index in [0.29, 0.717) is 18.1 Å². The lowest BCUT2D eigenvalue weighted by molar-refractivity contribution is -0.214. The van der Waals surface area contributed by atoms with Crippen LogP contribution in [0.2, 0.25) is 0 Å². The maximum atomic E-state index is 12.3. The van der Waals surface area contributed by atoms with Crippen molar-refractivity contribution < 1.29 is 19.0 Å². The Morgan fingerprint density at radius 2 is 1.45 bits per heavy atom. The normalized spacial score (nSPS) is 25.6. The molecule has 0 atom stereocenters. The smallest absolute Gasteiger partial charge is 0.338 e. The third-order valence-electron chi connectivity index (χ3n) is 7.58. The van der Waals surface area contributed by atoms with Crippen LogP contribution in [0.5, 0.6) is 0 Å². The lowest BCUT2D eigenvalue weighted by Crippen LogP contribution is -2.34. The highest BCUT2D eigenvalue weighted by atomic mass is 16.7. The van der Waals surface area contributed by atoms with E-state index in [1.807, 2.05) is 24.3 Å². The third-order valence-corrected chi connectivity index (χ3v) is 7.58. The predicted octanol–water partition coefficient (Wildman–Crippen LogP) is 7.86. The molecule has 4 nitrogen and oxygen atoms in total. The number of carbonyl (C=O) groups is 1. The topological polar surface area (TPSA) is 44.8 Å². The lowest BCUT2D eigenvalue weighted by Gasteiger charge is -2.37. The Labute approximate surface area is 201 Å². The van der Waals surface area contributed by atoms with Crippen LogP contribution >= 0.6 is 0 Å². The first-order valence-electron chi connectivity index (χ1n) is 13.7. The second-order valence-corrected chi connectivity index (χ2v) is 10.2. The zero-order valence-electron chi connectivity index (χ0n) is 21.1. The molecule has 1 aromatic carbocycles. The summed E-state index contributed by atoms with van der Waals surface area (Å²) in [5.41, 5.74) is 1.57. The van der Waals surface area contributed by atoms with Gasteiger partial charge < -0.3 is 14.2 Å². The van der Waals surface area contributed by atoms with Gasteiger partial charge in [-0.25, -0.2) is 4.79 Å². The number of unbranched alkanes of at least 4 members (excludes halogenated alkanes) is 6. The minimum absolute atomic E-state index is 0.239. The molecule has 0 spiro atoms. The van der Waals surface area contributed by atoms with Crippen LogP contribution in [-0.4, -0.2) is 25.8 Å². The number of rotatable bonds is 13. The van der Waals surface area contributed by atoms with E-state index >= 15 is 0 Å². The Kier molecular flexibility index (Phi) is 11.7. The molecule has 1 aromatic rings.